The molecule has 0 bridgehead atoms. The molecule has 0 aromatic carbocycles. The zero-order chi connectivity index (χ0) is 10.3. The van der Waals surface area contributed by atoms with Crippen LogP contribution in [0.15, 0.2) is 12.2 Å². The lowest BCUT2D eigenvalue weighted by atomic mass is 10.4. The minimum atomic E-state index is -0.904. The number of carboxylic acids is 1. The van der Waals surface area contributed by atoms with Crippen LogP contribution in [-0.2, 0) is 9.59 Å². The summed E-state index contributed by atoms with van der Waals surface area (Å²) in [6.45, 7) is 0.328. The molecule has 0 radical (unpaired) electrons. The van der Waals surface area contributed by atoms with Crippen LogP contribution in [0, 0.1) is 0 Å². The summed E-state index contributed by atoms with van der Waals surface area (Å²) in [5, 5.41) is 8.37. The number of hydrogen-bond donors (Lipinski definition) is 3. The predicted molar refractivity (Wildman–Crippen MR) is 46.6 cm³/mol. The number of carbonyl (C=O) groups excluding carboxylic acids is 1. The molecule has 0 heterocycles. The highest BCUT2D eigenvalue weighted by atomic mass is 16.4. The largest absolute Gasteiger partial charge is 0.480 e. The van der Waals surface area contributed by atoms with Crippen molar-refractivity contribution in [1.82, 2.24) is 10.3 Å². The lowest BCUT2D eigenvalue weighted by Gasteiger charge is -2.09. The van der Waals surface area contributed by atoms with Crippen LogP contribution in [0.3, 0.4) is 0 Å². The Hall–Kier alpha value is -1.40. The summed E-state index contributed by atoms with van der Waals surface area (Å²) >= 11 is 0. The fraction of sp³-hybridized carbons (Fsp3) is 0.429. The standard InChI is InChI=1S/C7H13N3O3/c1-10(5-7(12)13)4-2-3-6(11)9-8/h2-3H,4-5,8H2,1H3,(H,9,11)(H,12,13)/b3-2+. The summed E-state index contributed by atoms with van der Waals surface area (Å²) in [7, 11) is 1.64. The average molecular weight is 187 g/mol. The lowest BCUT2D eigenvalue weighted by molar-refractivity contribution is -0.137. The first kappa shape index (κ1) is 11.6. The van der Waals surface area contributed by atoms with Gasteiger partial charge < -0.3 is 5.11 Å². The molecule has 0 aromatic heterocycles. The Morgan fingerprint density at radius 3 is 2.69 bits per heavy atom. The van der Waals surface area contributed by atoms with Crippen molar-refractivity contribution in [3.63, 3.8) is 0 Å². The summed E-state index contributed by atoms with van der Waals surface area (Å²) < 4.78 is 0. The minimum absolute atomic E-state index is 0.0609. The molecule has 6 nitrogen and oxygen atoms in total. The quantitative estimate of drug-likeness (QED) is 0.212. The number of carbonyl (C=O) groups is 2. The molecule has 4 N–H and O–H groups in total. The van der Waals surface area contributed by atoms with E-state index in [1.54, 1.807) is 11.9 Å². The summed E-state index contributed by atoms with van der Waals surface area (Å²) in [6.07, 6.45) is 2.78. The molecule has 0 spiro atoms. The van der Waals surface area contributed by atoms with Crippen LogP contribution >= 0.6 is 0 Å². The summed E-state index contributed by atoms with van der Waals surface area (Å²) in [4.78, 5) is 22.3. The number of nitrogens with two attached hydrogens (primary N) is 1. The second kappa shape index (κ2) is 6.15. The third-order valence-corrected chi connectivity index (χ3v) is 1.23. The molecular formula is C7H13N3O3. The van der Waals surface area contributed by atoms with Crippen molar-refractivity contribution in [1.29, 1.82) is 0 Å². The zero-order valence-electron chi connectivity index (χ0n) is 7.36. The number of aliphatic carboxylic acids is 1. The van der Waals surface area contributed by atoms with Gasteiger partial charge in [0.05, 0.1) is 6.54 Å². The average Bonchev–Trinajstić information content (AvgIpc) is 2.02. The van der Waals surface area contributed by atoms with Crippen molar-refractivity contribution in [2.45, 2.75) is 0 Å². The fourth-order valence-electron chi connectivity index (χ4n) is 0.683. The normalized spacial score (nSPS) is 10.7. The first-order valence-corrected chi connectivity index (χ1v) is 3.63. The number of rotatable bonds is 5. The zero-order valence-corrected chi connectivity index (χ0v) is 7.36. The number of nitrogens with zero attached hydrogens (tertiary/aromatic N) is 1. The molecule has 13 heavy (non-hydrogen) atoms. The third kappa shape index (κ3) is 6.98. The van der Waals surface area contributed by atoms with Gasteiger partial charge >= 0.3 is 5.97 Å². The van der Waals surface area contributed by atoms with Crippen LogP contribution in [0.1, 0.15) is 0 Å². The summed E-state index contributed by atoms with van der Waals surface area (Å²) in [5.41, 5.74) is 1.92. The maximum atomic E-state index is 10.6. The van der Waals surface area contributed by atoms with Gasteiger partial charge in [0.1, 0.15) is 0 Å². The van der Waals surface area contributed by atoms with Crippen LogP contribution in [0.4, 0.5) is 0 Å². The minimum Gasteiger partial charge on any atom is -0.480 e. The molecule has 1 amide bonds. The molecule has 6 heteroatoms. The Bertz CT molecular complexity index is 215. The molecule has 0 aromatic rings. The van der Waals surface area contributed by atoms with E-state index in [2.05, 4.69) is 0 Å². The van der Waals surface area contributed by atoms with E-state index in [-0.39, 0.29) is 6.54 Å². The highest BCUT2D eigenvalue weighted by Gasteiger charge is 2.01. The van der Waals surface area contributed by atoms with Crippen LogP contribution in [0.2, 0.25) is 0 Å². The summed E-state index contributed by atoms with van der Waals surface area (Å²) in [6, 6.07) is 0. The number of hydrazine groups is 1. The molecule has 0 rings (SSSR count). The van der Waals surface area contributed by atoms with E-state index in [4.69, 9.17) is 10.9 Å². The number of carboxylic acid groups (broad SMARTS) is 1. The predicted octanol–water partition coefficient (Wildman–Crippen LogP) is -1.45. The molecule has 0 saturated carbocycles. The van der Waals surface area contributed by atoms with E-state index in [0.717, 1.165) is 0 Å². The number of amides is 1. The SMILES string of the molecule is CN(C/C=C/C(=O)NN)CC(=O)O. The molecule has 0 unspecified atom stereocenters. The van der Waals surface area contributed by atoms with Gasteiger partial charge in [-0.05, 0) is 7.05 Å². The van der Waals surface area contributed by atoms with Gasteiger partial charge in [-0.15, -0.1) is 0 Å². The van der Waals surface area contributed by atoms with E-state index < -0.39 is 11.9 Å². The van der Waals surface area contributed by atoms with Crippen molar-refractivity contribution in [3.05, 3.63) is 12.2 Å². The van der Waals surface area contributed by atoms with Gasteiger partial charge in [0, 0.05) is 12.6 Å². The maximum absolute atomic E-state index is 10.6. The number of hydrogen-bond acceptors (Lipinski definition) is 4. The van der Waals surface area contributed by atoms with Gasteiger partial charge in [0.15, 0.2) is 0 Å². The third-order valence-electron chi connectivity index (χ3n) is 1.23. The summed E-state index contributed by atoms with van der Waals surface area (Å²) in [5.74, 6) is 3.49. The van der Waals surface area contributed by atoms with Gasteiger partial charge in [-0.1, -0.05) is 6.08 Å². The Morgan fingerprint density at radius 2 is 2.23 bits per heavy atom. The van der Waals surface area contributed by atoms with Crippen LogP contribution < -0.4 is 11.3 Å². The van der Waals surface area contributed by atoms with E-state index in [1.807, 2.05) is 5.43 Å². The fourth-order valence-corrected chi connectivity index (χ4v) is 0.683. The van der Waals surface area contributed by atoms with Crippen molar-refractivity contribution in [2.75, 3.05) is 20.1 Å². The molecule has 0 atom stereocenters. The van der Waals surface area contributed by atoms with Gasteiger partial charge in [0.25, 0.3) is 5.91 Å². The Morgan fingerprint density at radius 1 is 1.62 bits per heavy atom. The maximum Gasteiger partial charge on any atom is 0.317 e. The number of nitrogens with one attached hydrogen (secondary N) is 1. The second-order valence-electron chi connectivity index (χ2n) is 2.50. The first-order valence-electron chi connectivity index (χ1n) is 3.63. The molecule has 0 aliphatic rings. The highest BCUT2D eigenvalue weighted by molar-refractivity contribution is 5.86. The monoisotopic (exact) mass is 187 g/mol. The van der Waals surface area contributed by atoms with E-state index in [9.17, 15) is 9.59 Å². The van der Waals surface area contributed by atoms with Crippen molar-refractivity contribution in [3.8, 4) is 0 Å². The van der Waals surface area contributed by atoms with E-state index >= 15 is 0 Å². The molecule has 0 fully saturated rings. The van der Waals surface area contributed by atoms with E-state index in [1.165, 1.54) is 12.2 Å². The van der Waals surface area contributed by atoms with Gasteiger partial charge in [-0.3, -0.25) is 19.9 Å². The van der Waals surface area contributed by atoms with Gasteiger partial charge in [-0.25, -0.2) is 5.84 Å². The van der Waals surface area contributed by atoms with Crippen molar-refractivity contribution >= 4 is 11.9 Å². The number of likely N-dealkylation sites (N-methyl/N-ethyl adjacent to an activating group) is 1. The molecule has 74 valence electrons. The van der Waals surface area contributed by atoms with E-state index in [0.29, 0.717) is 6.54 Å². The Balaban J connectivity index is 3.68. The lowest BCUT2D eigenvalue weighted by Crippen LogP contribution is -2.29. The highest BCUT2D eigenvalue weighted by Crippen LogP contribution is 1.83. The molecule has 0 aliphatic heterocycles. The Labute approximate surface area is 76.0 Å². The topological polar surface area (TPSA) is 95.7 Å². The van der Waals surface area contributed by atoms with Gasteiger partial charge in [0.2, 0.25) is 0 Å². The molecule has 0 aliphatic carbocycles. The molecule has 0 saturated heterocycles. The smallest absolute Gasteiger partial charge is 0.317 e. The van der Waals surface area contributed by atoms with Crippen LogP contribution in [-0.4, -0.2) is 42.0 Å². The first-order chi connectivity index (χ1) is 6.06. The van der Waals surface area contributed by atoms with Crippen LogP contribution in [0.5, 0.6) is 0 Å². The molecular weight excluding hydrogens is 174 g/mol. The van der Waals surface area contributed by atoms with Gasteiger partial charge in [-0.2, -0.15) is 0 Å². The van der Waals surface area contributed by atoms with Crippen molar-refractivity contribution in [2.24, 2.45) is 5.84 Å². The second-order valence-corrected chi connectivity index (χ2v) is 2.50. The Kier molecular flexibility index (Phi) is 5.49. The van der Waals surface area contributed by atoms with Crippen LogP contribution in [0.25, 0.3) is 0 Å². The van der Waals surface area contributed by atoms with Crippen molar-refractivity contribution < 1.29 is 14.7 Å².